The Hall–Kier alpha value is -3.89. The van der Waals surface area contributed by atoms with E-state index in [0.29, 0.717) is 11.1 Å². The minimum Gasteiger partial charge on any atom is -0.496 e. The second kappa shape index (κ2) is 9.29. The van der Waals surface area contributed by atoms with Crippen LogP contribution in [0.1, 0.15) is 21.5 Å². The van der Waals surface area contributed by atoms with Gasteiger partial charge in [-0.1, -0.05) is 23.2 Å². The Morgan fingerprint density at radius 3 is 2.36 bits per heavy atom. The topological polar surface area (TPSA) is 131 Å². The van der Waals surface area contributed by atoms with E-state index in [-0.39, 0.29) is 45.2 Å². The van der Waals surface area contributed by atoms with E-state index >= 15 is 0 Å². The molecular formula is C24H17Cl2NO9. The highest BCUT2D eigenvalue weighted by molar-refractivity contribution is 6.40. The molecule has 2 aromatic rings. The average Bonchev–Trinajstić information content (AvgIpc) is 3.17. The number of carbonyl (C=O) groups is 3. The van der Waals surface area contributed by atoms with Crippen molar-refractivity contribution in [3.63, 3.8) is 0 Å². The maximum atomic E-state index is 14.0. The summed E-state index contributed by atoms with van der Waals surface area (Å²) in [6.07, 6.45) is 1.95. The van der Waals surface area contributed by atoms with Gasteiger partial charge in [-0.2, -0.15) is 0 Å². The molecule has 0 saturated carbocycles. The number of benzene rings is 2. The Morgan fingerprint density at radius 2 is 1.78 bits per heavy atom. The minimum absolute atomic E-state index is 0.000482. The summed E-state index contributed by atoms with van der Waals surface area (Å²) in [5.74, 6) is -2.85. The van der Waals surface area contributed by atoms with Crippen LogP contribution in [0.2, 0.25) is 10.0 Å². The molecule has 0 bridgehead atoms. The number of non-ortho nitro benzene ring substituents is 1. The first-order valence-electron chi connectivity index (χ1n) is 10.3. The van der Waals surface area contributed by atoms with Crippen molar-refractivity contribution in [3.05, 3.63) is 84.6 Å². The number of ether oxygens (including phenoxy) is 4. The van der Waals surface area contributed by atoms with Gasteiger partial charge >= 0.3 is 5.97 Å². The molecule has 2 aromatic carbocycles. The molecule has 1 spiro atoms. The number of nitro groups is 1. The second-order valence-corrected chi connectivity index (χ2v) is 8.53. The van der Waals surface area contributed by atoms with E-state index in [0.717, 1.165) is 19.3 Å². The largest absolute Gasteiger partial charge is 0.496 e. The third-order valence-corrected chi connectivity index (χ3v) is 6.67. The average molecular weight is 534 g/mol. The highest BCUT2D eigenvalue weighted by Gasteiger charge is 2.61. The highest BCUT2D eigenvalue weighted by atomic mass is 35.5. The maximum absolute atomic E-state index is 14.0. The predicted octanol–water partition coefficient (Wildman–Crippen LogP) is 4.32. The molecule has 1 aliphatic heterocycles. The Kier molecular flexibility index (Phi) is 6.50. The van der Waals surface area contributed by atoms with Crippen molar-refractivity contribution in [1.82, 2.24) is 0 Å². The standard InChI is InChI=1S/C24H17Cl2NO9/c1-11-18(25)20(35-10-12-4-6-13(7-5-12)27(31)32)17-21(19(11)26)36-24(22(17)29)15(23(30)34-3)8-14(28)9-16(24)33-2/h4-9H,10H2,1-3H3. The Labute approximate surface area is 214 Å². The molecule has 12 heteroatoms. The fourth-order valence-electron chi connectivity index (χ4n) is 3.95. The van der Waals surface area contributed by atoms with E-state index in [1.165, 1.54) is 31.4 Å². The number of nitrogens with zero attached hydrogens (tertiary/aromatic N) is 1. The predicted molar refractivity (Wildman–Crippen MR) is 127 cm³/mol. The molecule has 1 heterocycles. The molecule has 1 atom stereocenters. The minimum atomic E-state index is -2.19. The number of fused-ring (bicyclic) bond motifs is 1. The summed E-state index contributed by atoms with van der Waals surface area (Å²) < 4.78 is 22.0. The Bertz CT molecular complexity index is 1400. The first-order chi connectivity index (χ1) is 17.1. The Balaban J connectivity index is 1.83. The maximum Gasteiger partial charge on any atom is 0.338 e. The molecule has 0 radical (unpaired) electrons. The molecule has 0 N–H and O–H groups in total. The molecule has 4 rings (SSSR count). The number of hydrogen-bond acceptors (Lipinski definition) is 9. The normalized spacial score (nSPS) is 18.2. The van der Waals surface area contributed by atoms with Gasteiger partial charge in [0.1, 0.15) is 17.7 Å². The van der Waals surface area contributed by atoms with Crippen molar-refractivity contribution in [1.29, 1.82) is 0 Å². The molecule has 0 fully saturated rings. The lowest BCUT2D eigenvalue weighted by Crippen LogP contribution is -2.49. The number of carbonyl (C=O) groups excluding carboxylic acids is 3. The fraction of sp³-hybridized carbons (Fsp3) is 0.208. The fourth-order valence-corrected chi connectivity index (χ4v) is 4.47. The lowest BCUT2D eigenvalue weighted by atomic mass is 9.81. The van der Waals surface area contributed by atoms with Crippen molar-refractivity contribution >= 4 is 46.4 Å². The third-order valence-electron chi connectivity index (χ3n) is 5.76. The quantitative estimate of drug-likeness (QED) is 0.302. The van der Waals surface area contributed by atoms with Gasteiger partial charge < -0.3 is 18.9 Å². The van der Waals surface area contributed by atoms with Crippen LogP contribution in [0, 0.1) is 17.0 Å². The van der Waals surface area contributed by atoms with Crippen LogP contribution in [0.15, 0.2) is 47.7 Å². The van der Waals surface area contributed by atoms with Gasteiger partial charge in [-0.25, -0.2) is 4.79 Å². The number of nitro benzene ring substituents is 1. The van der Waals surface area contributed by atoms with Crippen LogP contribution in [0.3, 0.4) is 0 Å². The van der Waals surface area contributed by atoms with E-state index < -0.39 is 33.6 Å². The zero-order chi connectivity index (χ0) is 26.4. The van der Waals surface area contributed by atoms with E-state index in [4.69, 9.17) is 42.1 Å². The summed E-state index contributed by atoms with van der Waals surface area (Å²) in [7, 11) is 2.30. The lowest BCUT2D eigenvalue weighted by Gasteiger charge is -2.31. The number of methoxy groups -OCH3 is 2. The SMILES string of the molecule is COC(=O)C1=CC(=O)C=C(OC)C12Oc1c(Cl)c(C)c(Cl)c(OCc3ccc([N+](=O)[O-])cc3)c1C2=O. The second-order valence-electron chi connectivity index (χ2n) is 7.78. The Morgan fingerprint density at radius 1 is 1.11 bits per heavy atom. The van der Waals surface area contributed by atoms with Crippen LogP contribution in [-0.4, -0.2) is 42.3 Å². The van der Waals surface area contributed by atoms with Gasteiger partial charge in [0, 0.05) is 24.3 Å². The summed E-state index contributed by atoms with van der Waals surface area (Å²) in [5.41, 5.74) is -1.97. The van der Waals surface area contributed by atoms with Crippen LogP contribution in [0.4, 0.5) is 5.69 Å². The molecule has 1 unspecified atom stereocenters. The van der Waals surface area contributed by atoms with Crippen molar-refractivity contribution in [2.24, 2.45) is 0 Å². The zero-order valence-corrected chi connectivity index (χ0v) is 20.6. The third kappa shape index (κ3) is 3.78. The number of hydrogen-bond donors (Lipinski definition) is 0. The van der Waals surface area contributed by atoms with Gasteiger partial charge in [-0.05, 0) is 30.2 Å². The number of esters is 1. The summed E-state index contributed by atoms with van der Waals surface area (Å²) in [6.45, 7) is 1.47. The van der Waals surface area contributed by atoms with Gasteiger partial charge in [0.2, 0.25) is 5.78 Å². The van der Waals surface area contributed by atoms with E-state index in [9.17, 15) is 24.5 Å². The number of allylic oxidation sites excluding steroid dienone is 2. The summed E-state index contributed by atoms with van der Waals surface area (Å²) in [6, 6.07) is 5.60. The molecule has 0 amide bonds. The van der Waals surface area contributed by atoms with Crippen LogP contribution < -0.4 is 9.47 Å². The van der Waals surface area contributed by atoms with Gasteiger partial charge in [-0.3, -0.25) is 19.7 Å². The van der Waals surface area contributed by atoms with Gasteiger partial charge in [0.15, 0.2) is 23.0 Å². The van der Waals surface area contributed by atoms with Gasteiger partial charge in [0.05, 0.1) is 29.2 Å². The molecule has 0 aromatic heterocycles. The van der Waals surface area contributed by atoms with Gasteiger partial charge in [-0.15, -0.1) is 0 Å². The lowest BCUT2D eigenvalue weighted by molar-refractivity contribution is -0.384. The summed E-state index contributed by atoms with van der Waals surface area (Å²) in [5, 5.41) is 10.9. The molecule has 2 aliphatic rings. The molecule has 0 saturated heterocycles. The first-order valence-corrected chi connectivity index (χ1v) is 11.0. The summed E-state index contributed by atoms with van der Waals surface area (Å²) in [4.78, 5) is 49.2. The zero-order valence-electron chi connectivity index (χ0n) is 19.0. The number of ketones is 2. The van der Waals surface area contributed by atoms with Crippen LogP contribution in [0.25, 0.3) is 0 Å². The molecule has 10 nitrogen and oxygen atoms in total. The molecule has 36 heavy (non-hydrogen) atoms. The number of halogens is 2. The van der Waals surface area contributed by atoms with E-state index in [2.05, 4.69) is 0 Å². The van der Waals surface area contributed by atoms with Gasteiger partial charge in [0.25, 0.3) is 11.3 Å². The van der Waals surface area contributed by atoms with Crippen molar-refractivity contribution in [2.75, 3.05) is 14.2 Å². The molecule has 186 valence electrons. The number of rotatable bonds is 6. The van der Waals surface area contributed by atoms with Crippen molar-refractivity contribution in [2.45, 2.75) is 19.1 Å². The molecular weight excluding hydrogens is 517 g/mol. The monoisotopic (exact) mass is 533 g/mol. The smallest absolute Gasteiger partial charge is 0.338 e. The van der Waals surface area contributed by atoms with Crippen LogP contribution in [0.5, 0.6) is 11.5 Å². The highest BCUT2D eigenvalue weighted by Crippen LogP contribution is 2.54. The van der Waals surface area contributed by atoms with Crippen LogP contribution >= 0.6 is 23.2 Å². The van der Waals surface area contributed by atoms with E-state index in [1.54, 1.807) is 6.92 Å². The van der Waals surface area contributed by atoms with Crippen LogP contribution in [-0.2, 0) is 25.7 Å². The number of Topliss-reactive ketones (excluding diaryl/α,β-unsaturated/α-hetero) is 1. The van der Waals surface area contributed by atoms with Crippen molar-refractivity contribution in [3.8, 4) is 11.5 Å². The molecule has 1 aliphatic carbocycles. The first kappa shape index (κ1) is 25.2. The summed E-state index contributed by atoms with van der Waals surface area (Å²) >= 11 is 13.0. The van der Waals surface area contributed by atoms with E-state index in [1.807, 2.05) is 0 Å². The van der Waals surface area contributed by atoms with Crippen molar-refractivity contribution < 1.29 is 38.3 Å².